The Morgan fingerprint density at radius 2 is 1.77 bits per heavy atom. The van der Waals surface area contributed by atoms with E-state index in [1.54, 1.807) is 13.0 Å². The zero-order valence-electron chi connectivity index (χ0n) is 16.8. The molecule has 10 heteroatoms. The first-order valence-electron chi connectivity index (χ1n) is 9.38. The van der Waals surface area contributed by atoms with E-state index in [1.807, 2.05) is 0 Å². The number of nitrogens with zero attached hydrogens (tertiary/aromatic N) is 2. The lowest BCUT2D eigenvalue weighted by atomic mass is 9.99. The molecule has 31 heavy (non-hydrogen) atoms. The molecule has 0 atom stereocenters. The van der Waals surface area contributed by atoms with Gasteiger partial charge in [0.25, 0.3) is 5.91 Å². The molecule has 0 unspecified atom stereocenters. The van der Waals surface area contributed by atoms with Crippen LogP contribution < -0.4 is 10.4 Å². The number of alkyl halides is 4. The summed E-state index contributed by atoms with van der Waals surface area (Å²) < 4.78 is 52.6. The van der Waals surface area contributed by atoms with Gasteiger partial charge in [-0.3, -0.25) is 14.9 Å². The van der Waals surface area contributed by atoms with Gasteiger partial charge in [-0.25, -0.2) is 14.7 Å². The van der Waals surface area contributed by atoms with Crippen LogP contribution in [-0.4, -0.2) is 40.8 Å². The van der Waals surface area contributed by atoms with Gasteiger partial charge in [-0.2, -0.15) is 13.2 Å². The normalized spacial score (nSPS) is 15.3. The first-order chi connectivity index (χ1) is 14.4. The van der Waals surface area contributed by atoms with Crippen molar-refractivity contribution in [3.05, 3.63) is 64.7 Å². The van der Waals surface area contributed by atoms with Gasteiger partial charge < -0.3 is 4.90 Å². The van der Waals surface area contributed by atoms with Crippen LogP contribution in [0.15, 0.2) is 42.5 Å². The monoisotopic (exact) mass is 439 g/mol. The molecule has 1 saturated heterocycles. The number of aryl methyl sites for hydroxylation is 1. The Morgan fingerprint density at radius 3 is 2.26 bits per heavy atom. The first kappa shape index (κ1) is 22.5. The lowest BCUT2D eigenvalue weighted by molar-refractivity contribution is -0.137. The average molecular weight is 439 g/mol. The number of hydrogen-bond acceptors (Lipinski definition) is 3. The van der Waals surface area contributed by atoms with E-state index >= 15 is 0 Å². The van der Waals surface area contributed by atoms with Gasteiger partial charge in [0.15, 0.2) is 0 Å². The van der Waals surface area contributed by atoms with Crippen LogP contribution in [-0.2, 0) is 12.7 Å². The number of rotatable bonds is 4. The number of urea groups is 1. The van der Waals surface area contributed by atoms with Gasteiger partial charge in [0.05, 0.1) is 25.2 Å². The second-order valence-electron chi connectivity index (χ2n) is 7.76. The second kappa shape index (κ2) is 8.18. The molecule has 0 bridgehead atoms. The summed E-state index contributed by atoms with van der Waals surface area (Å²) in [5.74, 6) is -0.701. The fourth-order valence-electron chi connectivity index (χ4n) is 3.40. The van der Waals surface area contributed by atoms with E-state index in [0.29, 0.717) is 11.1 Å². The Bertz CT molecular complexity index is 982. The van der Waals surface area contributed by atoms with E-state index < -0.39 is 29.3 Å². The summed E-state index contributed by atoms with van der Waals surface area (Å²) in [6, 6.07) is 8.16. The Morgan fingerprint density at radius 1 is 1.16 bits per heavy atom. The van der Waals surface area contributed by atoms with E-state index in [1.165, 1.54) is 46.5 Å². The average Bonchev–Trinajstić information content (AvgIpc) is 2.69. The molecule has 2 aromatic rings. The zero-order valence-corrected chi connectivity index (χ0v) is 16.8. The highest BCUT2D eigenvalue weighted by Crippen LogP contribution is 2.32. The van der Waals surface area contributed by atoms with Crippen molar-refractivity contribution in [2.45, 2.75) is 32.2 Å². The van der Waals surface area contributed by atoms with Crippen LogP contribution in [0.1, 0.15) is 34.0 Å². The predicted molar refractivity (Wildman–Crippen MR) is 105 cm³/mol. The Labute approximate surface area is 176 Å². The van der Waals surface area contributed by atoms with Gasteiger partial charge in [-0.15, -0.1) is 0 Å². The number of hydroxylamine groups is 1. The topological polar surface area (TPSA) is 72.9 Å². The Kier molecular flexibility index (Phi) is 5.95. The molecule has 0 aromatic heterocycles. The third-order valence-electron chi connectivity index (χ3n) is 5.08. The minimum atomic E-state index is -4.51. The number of amides is 3. The van der Waals surface area contributed by atoms with Crippen LogP contribution in [0.5, 0.6) is 0 Å². The summed E-state index contributed by atoms with van der Waals surface area (Å²) in [6.07, 6.45) is -4.51. The molecule has 0 spiro atoms. The molecule has 1 aliphatic rings. The molecule has 1 fully saturated rings. The standard InChI is InChI=1S/C21H21F4N3O3/c1-13-9-14(18(29)26-31)3-4-15(13)10-28(19(30)27-11-20(2,22)12-27)17-7-5-16(6-8-17)21(23,24)25/h3-9,31H,10-12H2,1-2H3,(H,26,29). The van der Waals surface area contributed by atoms with Crippen molar-refractivity contribution in [1.82, 2.24) is 10.4 Å². The molecule has 1 aliphatic heterocycles. The minimum absolute atomic E-state index is 0.00342. The molecule has 3 rings (SSSR count). The van der Waals surface area contributed by atoms with Crippen LogP contribution in [0.4, 0.5) is 28.0 Å². The van der Waals surface area contributed by atoms with Gasteiger partial charge in [-0.05, 0) is 61.4 Å². The molecule has 2 aromatic carbocycles. The molecular formula is C21H21F4N3O3. The number of likely N-dealkylation sites (tertiary alicyclic amines) is 1. The smallest absolute Gasteiger partial charge is 0.318 e. The highest BCUT2D eigenvalue weighted by Gasteiger charge is 2.43. The Hall–Kier alpha value is -3.14. The fourth-order valence-corrected chi connectivity index (χ4v) is 3.40. The molecule has 0 radical (unpaired) electrons. The maximum Gasteiger partial charge on any atom is 0.416 e. The zero-order chi connectivity index (χ0) is 23.0. The number of benzene rings is 2. The highest BCUT2D eigenvalue weighted by atomic mass is 19.4. The van der Waals surface area contributed by atoms with Crippen molar-refractivity contribution in [3.63, 3.8) is 0 Å². The Balaban J connectivity index is 1.91. The molecule has 6 nitrogen and oxygen atoms in total. The summed E-state index contributed by atoms with van der Waals surface area (Å²) in [5, 5.41) is 8.76. The van der Waals surface area contributed by atoms with Crippen LogP contribution in [0.2, 0.25) is 0 Å². The molecule has 166 valence electrons. The number of nitrogens with one attached hydrogen (secondary N) is 1. The number of anilines is 1. The third-order valence-corrected chi connectivity index (χ3v) is 5.08. The number of carbonyl (C=O) groups excluding carboxylic acids is 2. The van der Waals surface area contributed by atoms with Crippen molar-refractivity contribution >= 4 is 17.6 Å². The summed E-state index contributed by atoms with van der Waals surface area (Å²) >= 11 is 0. The maximum absolute atomic E-state index is 13.9. The summed E-state index contributed by atoms with van der Waals surface area (Å²) in [5.41, 5.74) is 0.865. The van der Waals surface area contributed by atoms with Crippen LogP contribution >= 0.6 is 0 Å². The van der Waals surface area contributed by atoms with E-state index in [4.69, 9.17) is 5.21 Å². The number of hydrogen-bond donors (Lipinski definition) is 2. The minimum Gasteiger partial charge on any atom is -0.318 e. The largest absolute Gasteiger partial charge is 0.416 e. The third kappa shape index (κ3) is 4.96. The summed E-state index contributed by atoms with van der Waals surface area (Å²) in [7, 11) is 0. The van der Waals surface area contributed by atoms with Crippen molar-refractivity contribution in [3.8, 4) is 0 Å². The van der Waals surface area contributed by atoms with E-state index in [2.05, 4.69) is 0 Å². The van der Waals surface area contributed by atoms with Crippen molar-refractivity contribution < 1.29 is 32.4 Å². The molecule has 2 N–H and O–H groups in total. The van der Waals surface area contributed by atoms with Gasteiger partial charge in [0, 0.05) is 11.3 Å². The lowest BCUT2D eigenvalue weighted by Crippen LogP contribution is -2.62. The van der Waals surface area contributed by atoms with E-state index in [9.17, 15) is 27.2 Å². The summed E-state index contributed by atoms with van der Waals surface area (Å²) in [6.45, 7) is 2.83. The van der Waals surface area contributed by atoms with Crippen molar-refractivity contribution in [1.29, 1.82) is 0 Å². The SMILES string of the molecule is Cc1cc(C(=O)NO)ccc1CN(C(=O)N1CC(C)(F)C1)c1ccc(C(F)(F)F)cc1. The quantitative estimate of drug-likeness (QED) is 0.424. The number of carbonyl (C=O) groups is 2. The van der Waals surface area contributed by atoms with Gasteiger partial charge in [0.1, 0.15) is 5.67 Å². The van der Waals surface area contributed by atoms with Crippen LogP contribution in [0, 0.1) is 6.92 Å². The second-order valence-corrected chi connectivity index (χ2v) is 7.76. The predicted octanol–water partition coefficient (Wildman–Crippen LogP) is 4.30. The van der Waals surface area contributed by atoms with E-state index in [-0.39, 0.29) is 30.9 Å². The van der Waals surface area contributed by atoms with Crippen LogP contribution in [0.25, 0.3) is 0 Å². The molecule has 1 heterocycles. The van der Waals surface area contributed by atoms with Gasteiger partial charge in [0.2, 0.25) is 0 Å². The molecule has 0 aliphatic carbocycles. The van der Waals surface area contributed by atoms with E-state index in [0.717, 1.165) is 12.1 Å². The maximum atomic E-state index is 13.9. The molecule has 3 amide bonds. The highest BCUT2D eigenvalue weighted by molar-refractivity contribution is 5.94. The first-order valence-corrected chi connectivity index (χ1v) is 9.38. The lowest BCUT2D eigenvalue weighted by Gasteiger charge is -2.44. The molecular weight excluding hydrogens is 418 g/mol. The van der Waals surface area contributed by atoms with Crippen molar-refractivity contribution in [2.24, 2.45) is 0 Å². The van der Waals surface area contributed by atoms with Gasteiger partial charge >= 0.3 is 12.2 Å². The number of halogens is 4. The van der Waals surface area contributed by atoms with Crippen LogP contribution in [0.3, 0.4) is 0 Å². The summed E-state index contributed by atoms with van der Waals surface area (Å²) in [4.78, 5) is 27.1. The molecule has 0 saturated carbocycles. The van der Waals surface area contributed by atoms with Crippen molar-refractivity contribution in [2.75, 3.05) is 18.0 Å². The van der Waals surface area contributed by atoms with Gasteiger partial charge in [-0.1, -0.05) is 6.07 Å². The fraction of sp³-hybridized carbons (Fsp3) is 0.333.